The van der Waals surface area contributed by atoms with Gasteiger partial charge in [0, 0.05) is 30.2 Å². The van der Waals surface area contributed by atoms with Crippen LogP contribution in [0.5, 0.6) is 5.75 Å². The van der Waals surface area contributed by atoms with Crippen molar-refractivity contribution in [1.82, 2.24) is 20.4 Å². The van der Waals surface area contributed by atoms with Gasteiger partial charge in [0.15, 0.2) is 11.8 Å². The second kappa shape index (κ2) is 11.1. The molecule has 1 fully saturated rings. The Labute approximate surface area is 191 Å². The summed E-state index contributed by atoms with van der Waals surface area (Å²) in [7, 11) is 1.78. The van der Waals surface area contributed by atoms with Gasteiger partial charge in [-0.2, -0.15) is 4.98 Å². The fourth-order valence-corrected chi connectivity index (χ4v) is 3.54. The van der Waals surface area contributed by atoms with Gasteiger partial charge in [0.05, 0.1) is 13.2 Å². The van der Waals surface area contributed by atoms with E-state index in [1.807, 2.05) is 0 Å². The zero-order valence-electron chi connectivity index (χ0n) is 15.8. The van der Waals surface area contributed by atoms with Crippen molar-refractivity contribution < 1.29 is 9.26 Å². The molecule has 7 nitrogen and oxygen atoms in total. The smallest absolute Gasteiger partial charge is 0.246 e. The molecule has 1 aromatic carbocycles. The lowest BCUT2D eigenvalue weighted by Gasteiger charge is -2.34. The van der Waals surface area contributed by atoms with Crippen LogP contribution >= 0.6 is 47.2 Å². The van der Waals surface area contributed by atoms with Crippen LogP contribution in [0.3, 0.4) is 0 Å². The van der Waals surface area contributed by atoms with Crippen molar-refractivity contribution in [2.24, 2.45) is 10.9 Å². The molecule has 0 bridgehead atoms. The highest BCUT2D eigenvalue weighted by Crippen LogP contribution is 2.26. The third-order valence-corrected chi connectivity index (χ3v) is 4.85. The van der Waals surface area contributed by atoms with Crippen LogP contribution in [-0.2, 0) is 6.54 Å². The molecule has 3 rings (SSSR count). The van der Waals surface area contributed by atoms with Gasteiger partial charge in [-0.15, -0.1) is 24.0 Å². The first kappa shape index (κ1) is 23.0. The van der Waals surface area contributed by atoms with Gasteiger partial charge in [0.2, 0.25) is 5.89 Å². The molecule has 1 aromatic heterocycles. The van der Waals surface area contributed by atoms with Crippen LogP contribution in [0, 0.1) is 12.8 Å². The Balaban J connectivity index is 0.00000280. The first-order chi connectivity index (χ1) is 13.0. The molecule has 28 heavy (non-hydrogen) atoms. The lowest BCUT2D eigenvalue weighted by atomic mass is 9.98. The molecule has 1 saturated heterocycles. The Morgan fingerprint density at radius 1 is 1.29 bits per heavy atom. The molecule has 2 heterocycles. The van der Waals surface area contributed by atoms with Gasteiger partial charge in [-0.1, -0.05) is 28.4 Å². The zero-order chi connectivity index (χ0) is 19.2. The van der Waals surface area contributed by atoms with Crippen LogP contribution in [0.25, 0.3) is 0 Å². The maximum Gasteiger partial charge on any atom is 0.246 e. The molecule has 0 aliphatic carbocycles. The lowest BCUT2D eigenvalue weighted by Crippen LogP contribution is -2.46. The van der Waals surface area contributed by atoms with Crippen molar-refractivity contribution in [3.05, 3.63) is 40.0 Å². The van der Waals surface area contributed by atoms with E-state index in [1.165, 1.54) is 0 Å². The quantitative estimate of drug-likeness (QED) is 0.349. The van der Waals surface area contributed by atoms with Gasteiger partial charge in [0.25, 0.3) is 0 Å². The number of piperidine rings is 1. The number of nitrogens with zero attached hydrogens (tertiary/aromatic N) is 4. The summed E-state index contributed by atoms with van der Waals surface area (Å²) in [5.41, 5.74) is 0. The highest BCUT2D eigenvalue weighted by atomic mass is 127. The average molecular weight is 540 g/mol. The SMILES string of the molecule is CN=C(NCc1nc(C)no1)N1CCC(COc2cc(Cl)cc(Cl)c2)CC1.I. The van der Waals surface area contributed by atoms with E-state index in [1.54, 1.807) is 32.2 Å². The van der Waals surface area contributed by atoms with Crippen LogP contribution in [0.15, 0.2) is 27.7 Å². The summed E-state index contributed by atoms with van der Waals surface area (Å²) in [6.07, 6.45) is 2.04. The normalized spacial score (nSPS) is 15.3. The molecule has 2 aromatic rings. The van der Waals surface area contributed by atoms with E-state index in [0.29, 0.717) is 46.6 Å². The molecule has 0 spiro atoms. The minimum atomic E-state index is 0. The largest absolute Gasteiger partial charge is 0.493 e. The molecule has 0 radical (unpaired) electrons. The maximum atomic E-state index is 6.01. The summed E-state index contributed by atoms with van der Waals surface area (Å²) in [4.78, 5) is 10.8. The molecule has 0 atom stereocenters. The Morgan fingerprint density at radius 2 is 1.96 bits per heavy atom. The molecule has 0 amide bonds. The number of aliphatic imine (C=N–C) groups is 1. The van der Waals surface area contributed by atoms with Gasteiger partial charge in [-0.25, -0.2) is 0 Å². The fourth-order valence-electron chi connectivity index (χ4n) is 3.04. The number of hydrogen-bond donors (Lipinski definition) is 1. The third kappa shape index (κ3) is 6.66. The minimum Gasteiger partial charge on any atom is -0.493 e. The molecular formula is C18H24Cl2IN5O2. The van der Waals surface area contributed by atoms with Crippen molar-refractivity contribution in [1.29, 1.82) is 0 Å². The second-order valence-corrected chi connectivity index (χ2v) is 7.36. The summed E-state index contributed by atoms with van der Waals surface area (Å²) in [6.45, 7) is 4.73. The number of hydrogen-bond acceptors (Lipinski definition) is 5. The molecule has 0 unspecified atom stereocenters. The van der Waals surface area contributed by atoms with Crippen molar-refractivity contribution in [2.75, 3.05) is 26.7 Å². The monoisotopic (exact) mass is 539 g/mol. The van der Waals surface area contributed by atoms with Gasteiger partial charge in [0.1, 0.15) is 5.75 Å². The van der Waals surface area contributed by atoms with Crippen LogP contribution in [0.2, 0.25) is 10.0 Å². The van der Waals surface area contributed by atoms with Gasteiger partial charge in [-0.3, -0.25) is 4.99 Å². The Morgan fingerprint density at radius 3 is 2.54 bits per heavy atom. The van der Waals surface area contributed by atoms with E-state index in [4.69, 9.17) is 32.5 Å². The molecule has 1 aliphatic heterocycles. The summed E-state index contributed by atoms with van der Waals surface area (Å²) in [5.74, 6) is 3.21. The average Bonchev–Trinajstić information content (AvgIpc) is 3.06. The van der Waals surface area contributed by atoms with Crippen molar-refractivity contribution in [3.8, 4) is 5.75 Å². The summed E-state index contributed by atoms with van der Waals surface area (Å²) in [6, 6.07) is 5.27. The number of guanidine groups is 1. The first-order valence-corrected chi connectivity index (χ1v) is 9.62. The zero-order valence-corrected chi connectivity index (χ0v) is 19.7. The predicted octanol–water partition coefficient (Wildman–Crippen LogP) is 4.17. The van der Waals surface area contributed by atoms with Crippen LogP contribution in [-0.4, -0.2) is 47.7 Å². The number of aromatic nitrogens is 2. The number of rotatable bonds is 5. The Bertz CT molecular complexity index is 774. The van der Waals surface area contributed by atoms with E-state index in [0.717, 1.165) is 31.9 Å². The number of nitrogens with one attached hydrogen (secondary N) is 1. The minimum absolute atomic E-state index is 0. The standard InChI is InChI=1S/C18H23Cl2N5O2.HI/c1-12-23-17(27-24-12)10-22-18(21-2)25-5-3-13(4-6-25)11-26-16-8-14(19)7-15(20)9-16;/h7-9,13H,3-6,10-11H2,1-2H3,(H,21,22);1H. The third-order valence-electron chi connectivity index (χ3n) is 4.42. The Kier molecular flexibility index (Phi) is 9.10. The van der Waals surface area contributed by atoms with Crippen LogP contribution < -0.4 is 10.1 Å². The van der Waals surface area contributed by atoms with Crippen LogP contribution in [0.4, 0.5) is 0 Å². The van der Waals surface area contributed by atoms with Gasteiger partial charge >= 0.3 is 0 Å². The molecular weight excluding hydrogens is 516 g/mol. The maximum absolute atomic E-state index is 6.01. The lowest BCUT2D eigenvalue weighted by molar-refractivity contribution is 0.179. The molecule has 0 saturated carbocycles. The van der Waals surface area contributed by atoms with E-state index in [2.05, 4.69) is 25.3 Å². The number of aryl methyl sites for hydroxylation is 1. The second-order valence-electron chi connectivity index (χ2n) is 6.48. The summed E-state index contributed by atoms with van der Waals surface area (Å²) < 4.78 is 11.0. The van der Waals surface area contributed by atoms with Gasteiger partial charge in [-0.05, 0) is 43.9 Å². The van der Waals surface area contributed by atoms with E-state index in [9.17, 15) is 0 Å². The Hall–Kier alpha value is -1.26. The highest BCUT2D eigenvalue weighted by molar-refractivity contribution is 14.0. The number of likely N-dealkylation sites (tertiary alicyclic amines) is 1. The van der Waals surface area contributed by atoms with Crippen molar-refractivity contribution >= 4 is 53.1 Å². The predicted molar refractivity (Wildman–Crippen MR) is 121 cm³/mol. The number of ether oxygens (including phenoxy) is 1. The van der Waals surface area contributed by atoms with E-state index < -0.39 is 0 Å². The summed E-state index contributed by atoms with van der Waals surface area (Å²) in [5, 5.41) is 8.23. The number of halogens is 3. The van der Waals surface area contributed by atoms with Crippen molar-refractivity contribution in [2.45, 2.75) is 26.3 Å². The van der Waals surface area contributed by atoms with E-state index >= 15 is 0 Å². The molecule has 10 heteroatoms. The summed E-state index contributed by atoms with van der Waals surface area (Å²) >= 11 is 12.0. The van der Waals surface area contributed by atoms with Crippen LogP contribution in [0.1, 0.15) is 24.6 Å². The first-order valence-electron chi connectivity index (χ1n) is 8.87. The molecule has 1 N–H and O–H groups in total. The topological polar surface area (TPSA) is 75.8 Å². The molecule has 154 valence electrons. The van der Waals surface area contributed by atoms with Crippen molar-refractivity contribution in [3.63, 3.8) is 0 Å². The highest BCUT2D eigenvalue weighted by Gasteiger charge is 2.22. The number of benzene rings is 1. The fraction of sp³-hybridized carbons (Fsp3) is 0.500. The van der Waals surface area contributed by atoms with E-state index in [-0.39, 0.29) is 24.0 Å². The molecule has 1 aliphatic rings. The van der Waals surface area contributed by atoms with Gasteiger partial charge < -0.3 is 19.5 Å².